The summed E-state index contributed by atoms with van der Waals surface area (Å²) in [5, 5.41) is 3.54. The molecule has 0 saturated heterocycles. The normalized spacial score (nSPS) is 11.9. The van der Waals surface area contributed by atoms with Crippen LogP contribution in [0.4, 0.5) is 0 Å². The topological polar surface area (TPSA) is 21.3 Å². The number of methoxy groups -OCH3 is 1. The van der Waals surface area contributed by atoms with Crippen LogP contribution in [0, 0.1) is 19.3 Å². The van der Waals surface area contributed by atoms with Crippen molar-refractivity contribution in [3.8, 4) is 18.1 Å². The second-order valence-electron chi connectivity index (χ2n) is 4.49. The maximum absolute atomic E-state index is 5.48. The van der Waals surface area contributed by atoms with E-state index in [-0.39, 0.29) is 6.04 Å². The summed E-state index contributed by atoms with van der Waals surface area (Å²) < 4.78 is 5.48. The standard InChI is InChI=1S/C16H23NO/c1-5-7-8-15(17-11-6-2)14-10-9-13(3)12-16(14)18-4/h1,9-10,12,15,17H,6-8,11H2,2-4H3. The second kappa shape index (κ2) is 7.79. The number of nitrogens with one attached hydrogen (secondary N) is 1. The first-order valence-corrected chi connectivity index (χ1v) is 6.54. The minimum absolute atomic E-state index is 0.275. The summed E-state index contributed by atoms with van der Waals surface area (Å²) in [6.07, 6.45) is 8.20. The highest BCUT2D eigenvalue weighted by atomic mass is 16.5. The third kappa shape index (κ3) is 4.09. The zero-order chi connectivity index (χ0) is 13.4. The monoisotopic (exact) mass is 245 g/mol. The van der Waals surface area contributed by atoms with E-state index < -0.39 is 0 Å². The van der Waals surface area contributed by atoms with Crippen LogP contribution in [0.15, 0.2) is 18.2 Å². The predicted molar refractivity (Wildman–Crippen MR) is 76.8 cm³/mol. The minimum atomic E-state index is 0.275. The minimum Gasteiger partial charge on any atom is -0.496 e. The van der Waals surface area contributed by atoms with E-state index in [1.807, 2.05) is 0 Å². The van der Waals surface area contributed by atoms with E-state index in [0.717, 1.165) is 31.6 Å². The molecule has 0 amide bonds. The molecule has 18 heavy (non-hydrogen) atoms. The van der Waals surface area contributed by atoms with Crippen LogP contribution in [0.25, 0.3) is 0 Å². The summed E-state index contributed by atoms with van der Waals surface area (Å²) in [7, 11) is 1.72. The van der Waals surface area contributed by atoms with Crippen LogP contribution in [0.3, 0.4) is 0 Å². The van der Waals surface area contributed by atoms with Gasteiger partial charge >= 0.3 is 0 Å². The predicted octanol–water partition coefficient (Wildman–Crippen LogP) is 3.46. The van der Waals surface area contributed by atoms with E-state index in [9.17, 15) is 0 Å². The summed E-state index contributed by atoms with van der Waals surface area (Å²) in [4.78, 5) is 0. The molecule has 1 rings (SSSR count). The molecule has 0 aliphatic rings. The molecule has 2 heteroatoms. The molecular weight excluding hydrogens is 222 g/mol. The lowest BCUT2D eigenvalue weighted by atomic mass is 9.99. The summed E-state index contributed by atoms with van der Waals surface area (Å²) in [6.45, 7) is 5.23. The number of rotatable bonds is 7. The van der Waals surface area contributed by atoms with Gasteiger partial charge in [-0.25, -0.2) is 0 Å². The Morgan fingerprint density at radius 3 is 2.83 bits per heavy atom. The van der Waals surface area contributed by atoms with E-state index in [1.165, 1.54) is 11.1 Å². The molecule has 1 atom stereocenters. The Labute approximate surface area is 111 Å². The van der Waals surface area contributed by atoms with Gasteiger partial charge in [-0.2, -0.15) is 0 Å². The van der Waals surface area contributed by atoms with E-state index in [1.54, 1.807) is 7.11 Å². The molecule has 0 fully saturated rings. The van der Waals surface area contributed by atoms with E-state index in [0.29, 0.717) is 0 Å². The fraction of sp³-hybridized carbons (Fsp3) is 0.500. The zero-order valence-electron chi connectivity index (χ0n) is 11.6. The van der Waals surface area contributed by atoms with Crippen molar-refractivity contribution in [3.63, 3.8) is 0 Å². The molecule has 0 aliphatic heterocycles. The van der Waals surface area contributed by atoms with Crippen LogP contribution in [0.2, 0.25) is 0 Å². The number of aryl methyl sites for hydroxylation is 1. The molecule has 1 aromatic rings. The van der Waals surface area contributed by atoms with Gasteiger partial charge < -0.3 is 10.1 Å². The summed E-state index contributed by atoms with van der Waals surface area (Å²) in [5.74, 6) is 3.66. The molecule has 0 aromatic heterocycles. The average Bonchev–Trinajstić information content (AvgIpc) is 2.39. The SMILES string of the molecule is C#CCCC(NCCC)c1ccc(C)cc1OC. The molecule has 2 nitrogen and oxygen atoms in total. The molecule has 0 spiro atoms. The molecule has 1 unspecified atom stereocenters. The molecular formula is C16H23NO. The van der Waals surface area contributed by atoms with Gasteiger partial charge in [0.05, 0.1) is 7.11 Å². The van der Waals surface area contributed by atoms with Gasteiger partial charge in [0, 0.05) is 18.0 Å². The van der Waals surface area contributed by atoms with Crippen LogP contribution in [0.1, 0.15) is 43.4 Å². The Balaban J connectivity index is 2.92. The number of ether oxygens (including phenoxy) is 1. The van der Waals surface area contributed by atoms with E-state index in [4.69, 9.17) is 11.2 Å². The van der Waals surface area contributed by atoms with Crippen molar-refractivity contribution >= 4 is 0 Å². The summed E-state index contributed by atoms with van der Waals surface area (Å²) in [5.41, 5.74) is 2.41. The summed E-state index contributed by atoms with van der Waals surface area (Å²) in [6, 6.07) is 6.61. The quantitative estimate of drug-likeness (QED) is 0.743. The van der Waals surface area contributed by atoms with Crippen LogP contribution in [-0.2, 0) is 0 Å². The fourth-order valence-electron chi connectivity index (χ4n) is 2.02. The van der Waals surface area contributed by atoms with Crippen molar-refractivity contribution in [1.82, 2.24) is 5.32 Å². The number of terminal acetylenes is 1. The van der Waals surface area contributed by atoms with Crippen LogP contribution in [-0.4, -0.2) is 13.7 Å². The van der Waals surface area contributed by atoms with E-state index in [2.05, 4.69) is 43.3 Å². The van der Waals surface area contributed by atoms with Crippen LogP contribution < -0.4 is 10.1 Å². The lowest BCUT2D eigenvalue weighted by Crippen LogP contribution is -2.22. The Morgan fingerprint density at radius 2 is 2.22 bits per heavy atom. The van der Waals surface area contributed by atoms with Gasteiger partial charge in [-0.1, -0.05) is 19.1 Å². The lowest BCUT2D eigenvalue weighted by molar-refractivity contribution is 0.395. The van der Waals surface area contributed by atoms with Gasteiger partial charge in [-0.05, 0) is 37.9 Å². The molecule has 0 radical (unpaired) electrons. The molecule has 0 heterocycles. The molecule has 98 valence electrons. The summed E-state index contributed by atoms with van der Waals surface area (Å²) >= 11 is 0. The van der Waals surface area contributed by atoms with Crippen molar-refractivity contribution in [2.75, 3.05) is 13.7 Å². The maximum atomic E-state index is 5.48. The first-order valence-electron chi connectivity index (χ1n) is 6.54. The van der Waals surface area contributed by atoms with E-state index >= 15 is 0 Å². The average molecular weight is 245 g/mol. The van der Waals surface area contributed by atoms with Crippen LogP contribution >= 0.6 is 0 Å². The Hall–Kier alpha value is -1.46. The van der Waals surface area contributed by atoms with Crippen LogP contribution in [0.5, 0.6) is 5.75 Å². The molecule has 1 N–H and O–H groups in total. The number of hydrogen-bond donors (Lipinski definition) is 1. The zero-order valence-corrected chi connectivity index (χ0v) is 11.6. The smallest absolute Gasteiger partial charge is 0.123 e. The van der Waals surface area contributed by atoms with Crippen molar-refractivity contribution in [3.05, 3.63) is 29.3 Å². The number of benzene rings is 1. The van der Waals surface area contributed by atoms with Gasteiger partial charge in [-0.3, -0.25) is 0 Å². The first kappa shape index (κ1) is 14.6. The lowest BCUT2D eigenvalue weighted by Gasteiger charge is -2.21. The highest BCUT2D eigenvalue weighted by Crippen LogP contribution is 2.29. The van der Waals surface area contributed by atoms with Gasteiger partial charge in [0.25, 0.3) is 0 Å². The molecule has 0 bridgehead atoms. The fourth-order valence-corrected chi connectivity index (χ4v) is 2.02. The van der Waals surface area contributed by atoms with Crippen molar-refractivity contribution < 1.29 is 4.74 Å². The first-order chi connectivity index (χ1) is 8.72. The molecule has 1 aromatic carbocycles. The van der Waals surface area contributed by atoms with Gasteiger partial charge in [0.15, 0.2) is 0 Å². The van der Waals surface area contributed by atoms with Gasteiger partial charge in [0.1, 0.15) is 5.75 Å². The Kier molecular flexibility index (Phi) is 6.32. The van der Waals surface area contributed by atoms with Crippen molar-refractivity contribution in [1.29, 1.82) is 0 Å². The highest BCUT2D eigenvalue weighted by molar-refractivity contribution is 5.39. The highest BCUT2D eigenvalue weighted by Gasteiger charge is 2.14. The third-order valence-electron chi connectivity index (χ3n) is 2.98. The Bertz CT molecular complexity index is 406. The molecule has 0 aliphatic carbocycles. The maximum Gasteiger partial charge on any atom is 0.123 e. The second-order valence-corrected chi connectivity index (χ2v) is 4.49. The third-order valence-corrected chi connectivity index (χ3v) is 2.98. The number of hydrogen-bond acceptors (Lipinski definition) is 2. The van der Waals surface area contributed by atoms with Gasteiger partial charge in [0.2, 0.25) is 0 Å². The molecule has 0 saturated carbocycles. The van der Waals surface area contributed by atoms with Gasteiger partial charge in [-0.15, -0.1) is 12.3 Å². The van der Waals surface area contributed by atoms with Crippen molar-refractivity contribution in [2.45, 2.75) is 39.2 Å². The largest absolute Gasteiger partial charge is 0.496 e. The Morgan fingerprint density at radius 1 is 1.44 bits per heavy atom. The van der Waals surface area contributed by atoms with Crippen molar-refractivity contribution in [2.24, 2.45) is 0 Å².